The quantitative estimate of drug-likeness (QED) is 0.884. The Morgan fingerprint density at radius 3 is 2.60 bits per heavy atom. The van der Waals surface area contributed by atoms with Crippen molar-refractivity contribution in [1.82, 2.24) is 10.3 Å². The van der Waals surface area contributed by atoms with Gasteiger partial charge in [0.25, 0.3) is 5.91 Å². The van der Waals surface area contributed by atoms with E-state index < -0.39 is 5.97 Å². The first-order valence-corrected chi connectivity index (χ1v) is 6.97. The zero-order valence-corrected chi connectivity index (χ0v) is 11.7. The van der Waals surface area contributed by atoms with Crippen LogP contribution in [0.2, 0.25) is 0 Å². The van der Waals surface area contributed by atoms with Gasteiger partial charge in [0.15, 0.2) is 5.69 Å². The van der Waals surface area contributed by atoms with Gasteiger partial charge in [0.05, 0.1) is 5.01 Å². The topological polar surface area (TPSA) is 79.3 Å². The lowest BCUT2D eigenvalue weighted by Gasteiger charge is -2.04. The molecule has 104 valence electrons. The molecule has 0 radical (unpaired) electrons. The third kappa shape index (κ3) is 3.64. The normalized spacial score (nSPS) is 10.2. The van der Waals surface area contributed by atoms with E-state index in [-0.39, 0.29) is 11.6 Å². The number of aromatic nitrogens is 1. The zero-order valence-electron chi connectivity index (χ0n) is 10.9. The summed E-state index contributed by atoms with van der Waals surface area (Å²) in [6, 6.07) is 7.32. The number of thiazole rings is 1. The van der Waals surface area contributed by atoms with Gasteiger partial charge in [0, 0.05) is 23.9 Å². The summed E-state index contributed by atoms with van der Waals surface area (Å²) >= 11 is 1.28. The molecule has 0 spiro atoms. The number of aryl methyl sites for hydroxylation is 1. The Morgan fingerprint density at radius 1 is 1.30 bits per heavy atom. The van der Waals surface area contributed by atoms with E-state index >= 15 is 0 Å². The number of nitrogens with one attached hydrogen (secondary N) is 1. The van der Waals surface area contributed by atoms with Crippen LogP contribution in [-0.4, -0.2) is 28.5 Å². The predicted molar refractivity (Wildman–Crippen MR) is 76.3 cm³/mol. The molecule has 1 aromatic carbocycles. The Balaban J connectivity index is 1.84. The van der Waals surface area contributed by atoms with Gasteiger partial charge >= 0.3 is 5.97 Å². The lowest BCUT2D eigenvalue weighted by atomic mass is 10.1. The molecule has 2 rings (SSSR count). The average molecular weight is 290 g/mol. The van der Waals surface area contributed by atoms with Gasteiger partial charge in [-0.2, -0.15) is 0 Å². The molecule has 0 aliphatic heterocycles. The van der Waals surface area contributed by atoms with E-state index in [4.69, 9.17) is 5.11 Å². The highest BCUT2D eigenvalue weighted by atomic mass is 32.1. The summed E-state index contributed by atoms with van der Waals surface area (Å²) in [6.45, 7) is 2.39. The third-order valence-corrected chi connectivity index (χ3v) is 3.62. The fourth-order valence-electron chi connectivity index (χ4n) is 1.61. The van der Waals surface area contributed by atoms with Gasteiger partial charge < -0.3 is 10.4 Å². The van der Waals surface area contributed by atoms with Crippen molar-refractivity contribution in [2.24, 2.45) is 0 Å². The Labute approximate surface area is 120 Å². The second kappa shape index (κ2) is 6.29. The standard InChI is InChI=1S/C14H14N2O3S/c1-9-2-4-10(5-3-9)13(17)15-7-6-12-16-11(8-20-12)14(18)19/h2-5,8H,6-7H2,1H3,(H,15,17)(H,18,19). The highest BCUT2D eigenvalue weighted by molar-refractivity contribution is 7.09. The predicted octanol–water partition coefficient (Wildman–Crippen LogP) is 2.12. The Bertz CT molecular complexity index is 620. The van der Waals surface area contributed by atoms with Crippen molar-refractivity contribution in [3.8, 4) is 0 Å². The lowest BCUT2D eigenvalue weighted by Crippen LogP contribution is -2.25. The number of rotatable bonds is 5. The maximum atomic E-state index is 11.8. The number of hydrogen-bond donors (Lipinski definition) is 2. The molecule has 6 heteroatoms. The maximum Gasteiger partial charge on any atom is 0.355 e. The molecule has 5 nitrogen and oxygen atoms in total. The summed E-state index contributed by atoms with van der Waals surface area (Å²) in [6.07, 6.45) is 0.523. The molecule has 1 aromatic heterocycles. The fourth-order valence-corrected chi connectivity index (χ4v) is 2.39. The number of carboxylic acid groups (broad SMARTS) is 1. The monoisotopic (exact) mass is 290 g/mol. The molecule has 0 unspecified atom stereocenters. The van der Waals surface area contributed by atoms with Crippen LogP contribution >= 0.6 is 11.3 Å². The van der Waals surface area contributed by atoms with Crippen LogP contribution in [0.5, 0.6) is 0 Å². The summed E-state index contributed by atoms with van der Waals surface area (Å²) in [4.78, 5) is 26.5. The second-order valence-corrected chi connectivity index (χ2v) is 5.25. The van der Waals surface area contributed by atoms with Crippen LogP contribution in [0, 0.1) is 6.92 Å². The molecule has 0 aliphatic rings. The van der Waals surface area contributed by atoms with Gasteiger partial charge in [-0.05, 0) is 19.1 Å². The Morgan fingerprint density at radius 2 is 2.00 bits per heavy atom. The van der Waals surface area contributed by atoms with Crippen LogP contribution in [0.4, 0.5) is 0 Å². The first-order chi connectivity index (χ1) is 9.56. The van der Waals surface area contributed by atoms with E-state index in [0.717, 1.165) is 5.56 Å². The molecule has 2 aromatic rings. The van der Waals surface area contributed by atoms with Gasteiger partial charge in [0.1, 0.15) is 0 Å². The van der Waals surface area contributed by atoms with Crippen LogP contribution in [0.25, 0.3) is 0 Å². The molecule has 0 saturated carbocycles. The molecule has 0 bridgehead atoms. The lowest BCUT2D eigenvalue weighted by molar-refractivity contribution is 0.0690. The minimum absolute atomic E-state index is 0.0508. The van der Waals surface area contributed by atoms with Crippen molar-refractivity contribution >= 4 is 23.2 Å². The average Bonchev–Trinajstić information content (AvgIpc) is 2.88. The molecule has 0 saturated heterocycles. The van der Waals surface area contributed by atoms with Crippen molar-refractivity contribution in [3.63, 3.8) is 0 Å². The van der Waals surface area contributed by atoms with Crippen molar-refractivity contribution < 1.29 is 14.7 Å². The fraction of sp³-hybridized carbons (Fsp3) is 0.214. The Hall–Kier alpha value is -2.21. The molecule has 0 atom stereocenters. The highest BCUT2D eigenvalue weighted by Crippen LogP contribution is 2.10. The van der Waals surface area contributed by atoms with E-state index in [1.165, 1.54) is 16.7 Å². The summed E-state index contributed by atoms with van der Waals surface area (Å²) in [5, 5.41) is 13.7. The zero-order chi connectivity index (χ0) is 14.5. The number of nitrogens with zero attached hydrogens (tertiary/aromatic N) is 1. The molecular formula is C14H14N2O3S. The molecule has 2 N–H and O–H groups in total. The molecule has 20 heavy (non-hydrogen) atoms. The van der Waals surface area contributed by atoms with Crippen molar-refractivity contribution in [2.75, 3.05) is 6.54 Å². The van der Waals surface area contributed by atoms with Gasteiger partial charge in [-0.3, -0.25) is 4.79 Å². The van der Waals surface area contributed by atoms with E-state index in [9.17, 15) is 9.59 Å². The highest BCUT2D eigenvalue weighted by Gasteiger charge is 2.09. The number of amides is 1. The molecule has 0 aliphatic carbocycles. The molecule has 0 fully saturated rings. The van der Waals surface area contributed by atoms with E-state index in [0.29, 0.717) is 23.5 Å². The first kappa shape index (κ1) is 14.2. The number of carbonyl (C=O) groups is 2. The van der Waals surface area contributed by atoms with Gasteiger partial charge in [0.2, 0.25) is 0 Å². The molecular weight excluding hydrogens is 276 g/mol. The van der Waals surface area contributed by atoms with Crippen molar-refractivity contribution in [1.29, 1.82) is 0 Å². The number of benzene rings is 1. The number of carbonyl (C=O) groups excluding carboxylic acids is 1. The van der Waals surface area contributed by atoms with Crippen LogP contribution in [0.15, 0.2) is 29.6 Å². The minimum atomic E-state index is -1.03. The summed E-state index contributed by atoms with van der Waals surface area (Å²) < 4.78 is 0. The number of aromatic carboxylic acids is 1. The minimum Gasteiger partial charge on any atom is -0.476 e. The summed E-state index contributed by atoms with van der Waals surface area (Å²) in [7, 11) is 0. The van der Waals surface area contributed by atoms with Crippen molar-refractivity contribution in [3.05, 3.63) is 51.5 Å². The smallest absolute Gasteiger partial charge is 0.355 e. The van der Waals surface area contributed by atoms with E-state index in [1.54, 1.807) is 12.1 Å². The van der Waals surface area contributed by atoms with E-state index in [2.05, 4.69) is 10.3 Å². The summed E-state index contributed by atoms with van der Waals surface area (Å²) in [5.74, 6) is -1.17. The SMILES string of the molecule is Cc1ccc(C(=O)NCCc2nc(C(=O)O)cs2)cc1. The third-order valence-electron chi connectivity index (χ3n) is 2.71. The van der Waals surface area contributed by atoms with Crippen LogP contribution in [0.1, 0.15) is 31.4 Å². The van der Waals surface area contributed by atoms with Crippen LogP contribution in [0.3, 0.4) is 0 Å². The summed E-state index contributed by atoms with van der Waals surface area (Å²) in [5.41, 5.74) is 1.77. The van der Waals surface area contributed by atoms with Crippen LogP contribution in [-0.2, 0) is 6.42 Å². The second-order valence-electron chi connectivity index (χ2n) is 4.30. The van der Waals surface area contributed by atoms with Gasteiger partial charge in [-0.25, -0.2) is 9.78 Å². The van der Waals surface area contributed by atoms with Crippen molar-refractivity contribution in [2.45, 2.75) is 13.3 Å². The van der Waals surface area contributed by atoms with Gasteiger partial charge in [-0.1, -0.05) is 17.7 Å². The first-order valence-electron chi connectivity index (χ1n) is 6.09. The number of carboxylic acids is 1. The van der Waals surface area contributed by atoms with Crippen LogP contribution < -0.4 is 5.32 Å². The molecule has 1 heterocycles. The Kier molecular flexibility index (Phi) is 4.47. The maximum absolute atomic E-state index is 11.8. The largest absolute Gasteiger partial charge is 0.476 e. The van der Waals surface area contributed by atoms with Gasteiger partial charge in [-0.15, -0.1) is 11.3 Å². The van der Waals surface area contributed by atoms with E-state index in [1.807, 2.05) is 19.1 Å². The number of hydrogen-bond acceptors (Lipinski definition) is 4. The molecule has 1 amide bonds.